The number of nitrogen functional groups attached to an aromatic ring is 1. The lowest BCUT2D eigenvalue weighted by Crippen LogP contribution is -2.16. The van der Waals surface area contributed by atoms with Gasteiger partial charge in [0.2, 0.25) is 0 Å². The van der Waals surface area contributed by atoms with E-state index in [4.69, 9.17) is 5.73 Å². The van der Waals surface area contributed by atoms with Gasteiger partial charge < -0.3 is 16.0 Å². The molecule has 1 rings (SSSR count). The maximum absolute atomic E-state index is 10.8. The minimum absolute atomic E-state index is 0.220. The molecule has 0 saturated heterocycles. The number of H-pyrrole nitrogens is 1. The molecule has 0 aliphatic heterocycles. The Kier molecular flexibility index (Phi) is 2.22. The Morgan fingerprint density at radius 2 is 2.55 bits per heavy atom. The second kappa shape index (κ2) is 3.16. The average Bonchev–Trinajstić information content (AvgIpc) is 1.85. The van der Waals surface area contributed by atoms with Crippen LogP contribution in [0, 0.1) is 0 Å². The molecule has 0 aliphatic carbocycles. The van der Waals surface area contributed by atoms with Crippen LogP contribution in [0.2, 0.25) is 0 Å². The number of aromatic nitrogens is 2. The van der Waals surface area contributed by atoms with Gasteiger partial charge in [-0.3, -0.25) is 4.79 Å². The first-order valence-electron chi connectivity index (χ1n) is 3.22. The molecule has 5 nitrogen and oxygen atoms in total. The molecule has 0 bridgehead atoms. The SMILES string of the molecule is CNCc1nc(N)cc(=O)[nH]1. The predicted octanol–water partition coefficient (Wildman–Crippen LogP) is -0.929. The number of hydrogen-bond donors (Lipinski definition) is 3. The number of rotatable bonds is 2. The van der Waals surface area contributed by atoms with Crippen molar-refractivity contribution in [3.63, 3.8) is 0 Å². The fraction of sp³-hybridized carbons (Fsp3) is 0.333. The van der Waals surface area contributed by atoms with Gasteiger partial charge in [0.1, 0.15) is 11.6 Å². The van der Waals surface area contributed by atoms with Crippen LogP contribution >= 0.6 is 0 Å². The first kappa shape index (κ1) is 7.74. The van der Waals surface area contributed by atoms with Crippen LogP contribution < -0.4 is 16.6 Å². The lowest BCUT2D eigenvalue weighted by molar-refractivity contribution is 0.755. The molecule has 1 aromatic heterocycles. The van der Waals surface area contributed by atoms with Crippen molar-refractivity contribution in [1.82, 2.24) is 15.3 Å². The molecule has 11 heavy (non-hydrogen) atoms. The molecule has 0 saturated carbocycles. The lowest BCUT2D eigenvalue weighted by atomic mass is 10.5. The van der Waals surface area contributed by atoms with Gasteiger partial charge >= 0.3 is 0 Å². The molecule has 1 heterocycles. The highest BCUT2D eigenvalue weighted by Gasteiger charge is 1.95. The van der Waals surface area contributed by atoms with Gasteiger partial charge in [0, 0.05) is 6.07 Å². The predicted molar refractivity (Wildman–Crippen MR) is 42.0 cm³/mol. The number of hydrogen-bond acceptors (Lipinski definition) is 4. The van der Waals surface area contributed by atoms with Crippen molar-refractivity contribution in [1.29, 1.82) is 0 Å². The zero-order valence-electron chi connectivity index (χ0n) is 6.22. The molecule has 4 N–H and O–H groups in total. The molecular weight excluding hydrogens is 144 g/mol. The van der Waals surface area contributed by atoms with E-state index in [9.17, 15) is 4.79 Å². The molecule has 5 heteroatoms. The molecule has 0 amide bonds. The van der Waals surface area contributed by atoms with Gasteiger partial charge in [-0.25, -0.2) is 4.98 Å². The number of aromatic amines is 1. The van der Waals surface area contributed by atoms with E-state index in [0.29, 0.717) is 12.4 Å². The summed E-state index contributed by atoms with van der Waals surface area (Å²) < 4.78 is 0. The second-order valence-electron chi connectivity index (χ2n) is 2.15. The summed E-state index contributed by atoms with van der Waals surface area (Å²) >= 11 is 0. The zero-order valence-corrected chi connectivity index (χ0v) is 6.22. The van der Waals surface area contributed by atoms with E-state index in [1.165, 1.54) is 6.07 Å². The van der Waals surface area contributed by atoms with Gasteiger partial charge in [0.25, 0.3) is 5.56 Å². The molecule has 0 radical (unpaired) electrons. The van der Waals surface area contributed by atoms with E-state index >= 15 is 0 Å². The van der Waals surface area contributed by atoms with Crippen LogP contribution in [0.4, 0.5) is 5.82 Å². The van der Waals surface area contributed by atoms with E-state index in [1.54, 1.807) is 7.05 Å². The van der Waals surface area contributed by atoms with Crippen LogP contribution in [0.3, 0.4) is 0 Å². The monoisotopic (exact) mass is 154 g/mol. The van der Waals surface area contributed by atoms with Gasteiger partial charge in [-0.05, 0) is 7.05 Å². The molecule has 1 aromatic rings. The molecule has 0 unspecified atom stereocenters. The van der Waals surface area contributed by atoms with Crippen molar-refractivity contribution in [2.75, 3.05) is 12.8 Å². The molecule has 0 spiro atoms. The first-order valence-corrected chi connectivity index (χ1v) is 3.22. The Hall–Kier alpha value is -1.36. The third kappa shape index (κ3) is 2.05. The van der Waals surface area contributed by atoms with E-state index in [2.05, 4.69) is 15.3 Å². The Labute approximate surface area is 63.7 Å². The van der Waals surface area contributed by atoms with Gasteiger partial charge in [-0.1, -0.05) is 0 Å². The van der Waals surface area contributed by atoms with Crippen molar-refractivity contribution in [2.24, 2.45) is 0 Å². The summed E-state index contributed by atoms with van der Waals surface area (Å²) in [5.74, 6) is 0.802. The topological polar surface area (TPSA) is 83.8 Å². The van der Waals surface area contributed by atoms with Crippen molar-refractivity contribution < 1.29 is 0 Å². The Morgan fingerprint density at radius 3 is 3.09 bits per heavy atom. The maximum atomic E-state index is 10.8. The van der Waals surface area contributed by atoms with E-state index in [0.717, 1.165) is 0 Å². The molecular formula is C6H10N4O. The molecule has 0 fully saturated rings. The normalized spacial score (nSPS) is 9.91. The standard InChI is InChI=1S/C6H10N4O/c1-8-3-5-9-4(7)2-6(11)10-5/h2,8H,3H2,1H3,(H3,7,9,10,11). The van der Waals surface area contributed by atoms with Gasteiger partial charge in [0.05, 0.1) is 6.54 Å². The summed E-state index contributed by atoms with van der Waals surface area (Å²) in [5.41, 5.74) is 5.11. The quantitative estimate of drug-likeness (QED) is 0.514. The van der Waals surface area contributed by atoms with Crippen LogP contribution in [-0.2, 0) is 6.54 Å². The third-order valence-corrected chi connectivity index (χ3v) is 1.15. The third-order valence-electron chi connectivity index (χ3n) is 1.15. The van der Waals surface area contributed by atoms with Gasteiger partial charge in [-0.15, -0.1) is 0 Å². The van der Waals surface area contributed by atoms with Crippen LogP contribution in [0.1, 0.15) is 5.82 Å². The molecule has 60 valence electrons. The fourth-order valence-electron chi connectivity index (χ4n) is 0.780. The number of nitrogens with one attached hydrogen (secondary N) is 2. The van der Waals surface area contributed by atoms with Crippen molar-refractivity contribution in [2.45, 2.75) is 6.54 Å². The summed E-state index contributed by atoms with van der Waals surface area (Å²) in [6, 6.07) is 1.25. The average molecular weight is 154 g/mol. The Bertz CT molecular complexity index is 293. The van der Waals surface area contributed by atoms with Gasteiger partial charge in [0.15, 0.2) is 0 Å². The van der Waals surface area contributed by atoms with Crippen LogP contribution in [0.25, 0.3) is 0 Å². The van der Waals surface area contributed by atoms with Crippen LogP contribution in [0.5, 0.6) is 0 Å². The number of anilines is 1. The Balaban J connectivity index is 2.99. The van der Waals surface area contributed by atoms with E-state index < -0.39 is 0 Å². The van der Waals surface area contributed by atoms with Crippen LogP contribution in [-0.4, -0.2) is 17.0 Å². The van der Waals surface area contributed by atoms with Crippen molar-refractivity contribution >= 4 is 5.82 Å². The number of nitrogens with two attached hydrogens (primary N) is 1. The highest BCUT2D eigenvalue weighted by molar-refractivity contribution is 5.25. The minimum Gasteiger partial charge on any atom is -0.383 e. The Morgan fingerprint density at radius 1 is 1.82 bits per heavy atom. The molecule has 0 aromatic carbocycles. The number of nitrogens with zero attached hydrogens (tertiary/aromatic N) is 1. The van der Waals surface area contributed by atoms with Crippen molar-refractivity contribution in [3.05, 3.63) is 22.2 Å². The molecule has 0 aliphatic rings. The maximum Gasteiger partial charge on any atom is 0.253 e. The summed E-state index contributed by atoms with van der Waals surface area (Å²) in [5, 5.41) is 2.85. The summed E-state index contributed by atoms with van der Waals surface area (Å²) in [6.45, 7) is 0.514. The zero-order chi connectivity index (χ0) is 8.27. The highest BCUT2D eigenvalue weighted by Crippen LogP contribution is 1.90. The summed E-state index contributed by atoms with van der Waals surface area (Å²) in [4.78, 5) is 17.2. The van der Waals surface area contributed by atoms with Crippen LogP contribution in [0.15, 0.2) is 10.9 Å². The van der Waals surface area contributed by atoms with E-state index in [-0.39, 0.29) is 11.4 Å². The largest absolute Gasteiger partial charge is 0.383 e. The van der Waals surface area contributed by atoms with Gasteiger partial charge in [-0.2, -0.15) is 0 Å². The minimum atomic E-state index is -0.220. The second-order valence-corrected chi connectivity index (χ2v) is 2.15. The first-order chi connectivity index (χ1) is 5.22. The van der Waals surface area contributed by atoms with E-state index in [1.807, 2.05) is 0 Å². The highest BCUT2D eigenvalue weighted by atomic mass is 16.1. The smallest absolute Gasteiger partial charge is 0.253 e. The summed E-state index contributed by atoms with van der Waals surface area (Å²) in [7, 11) is 1.77. The lowest BCUT2D eigenvalue weighted by Gasteiger charge is -1.98. The summed E-state index contributed by atoms with van der Waals surface area (Å²) in [6.07, 6.45) is 0. The van der Waals surface area contributed by atoms with Crippen molar-refractivity contribution in [3.8, 4) is 0 Å². The molecule has 0 atom stereocenters. The fourth-order valence-corrected chi connectivity index (χ4v) is 0.780.